The number of carboxylic acids is 1. The van der Waals surface area contributed by atoms with Crippen molar-refractivity contribution in [3.05, 3.63) is 59.7 Å². The van der Waals surface area contributed by atoms with Crippen LogP contribution in [0.5, 0.6) is 0 Å². The first-order valence-electron chi connectivity index (χ1n) is 12.0. The van der Waals surface area contributed by atoms with Gasteiger partial charge in [-0.3, -0.25) is 9.59 Å². The molecule has 0 saturated carbocycles. The first-order chi connectivity index (χ1) is 16.3. The van der Waals surface area contributed by atoms with Crippen LogP contribution in [0, 0.1) is 11.8 Å². The average Bonchev–Trinajstić information content (AvgIpc) is 3.16. The molecule has 0 spiro atoms. The lowest BCUT2D eigenvalue weighted by Gasteiger charge is -2.24. The molecule has 3 rings (SSSR count). The Kier molecular flexibility index (Phi) is 8.68. The molecule has 1 aliphatic rings. The quantitative estimate of drug-likeness (QED) is 0.421. The molecule has 0 radical (unpaired) electrons. The van der Waals surface area contributed by atoms with E-state index in [4.69, 9.17) is 9.84 Å². The average molecular weight is 467 g/mol. The van der Waals surface area contributed by atoms with Crippen molar-refractivity contribution < 1.29 is 24.2 Å². The summed E-state index contributed by atoms with van der Waals surface area (Å²) in [6.45, 7) is 6.04. The number of hydrogen-bond acceptors (Lipinski definition) is 4. The van der Waals surface area contributed by atoms with Crippen LogP contribution in [-0.2, 0) is 14.3 Å². The summed E-state index contributed by atoms with van der Waals surface area (Å²) in [5.41, 5.74) is 4.56. The maximum atomic E-state index is 12.7. The SMILES string of the molecule is CC[C@H](C)[C@H](NC(=O)OCC1c2ccccc2-c2ccccc21)C(=O)NCCCC(C)C(=O)O. The van der Waals surface area contributed by atoms with Crippen molar-refractivity contribution in [2.45, 2.75) is 52.0 Å². The van der Waals surface area contributed by atoms with Gasteiger partial charge in [-0.05, 0) is 41.0 Å². The molecule has 1 unspecified atom stereocenters. The molecule has 0 aromatic heterocycles. The highest BCUT2D eigenvalue weighted by Crippen LogP contribution is 2.44. The molecule has 2 aromatic rings. The van der Waals surface area contributed by atoms with Crippen LogP contribution < -0.4 is 10.6 Å². The molecule has 3 atom stereocenters. The van der Waals surface area contributed by atoms with E-state index in [0.717, 1.165) is 22.3 Å². The van der Waals surface area contributed by atoms with E-state index in [1.54, 1.807) is 6.92 Å². The topological polar surface area (TPSA) is 105 Å². The molecular weight excluding hydrogens is 432 g/mol. The lowest BCUT2D eigenvalue weighted by atomic mass is 9.98. The van der Waals surface area contributed by atoms with Crippen LogP contribution in [-0.4, -0.2) is 42.3 Å². The lowest BCUT2D eigenvalue weighted by Crippen LogP contribution is -2.50. The van der Waals surface area contributed by atoms with Gasteiger partial charge in [0.15, 0.2) is 0 Å². The molecule has 7 nitrogen and oxygen atoms in total. The van der Waals surface area contributed by atoms with Gasteiger partial charge in [0, 0.05) is 12.5 Å². The number of nitrogens with one attached hydrogen (secondary N) is 2. The van der Waals surface area contributed by atoms with Gasteiger partial charge in [0.05, 0.1) is 5.92 Å². The van der Waals surface area contributed by atoms with Gasteiger partial charge in [0.1, 0.15) is 12.6 Å². The first kappa shape index (κ1) is 25.3. The molecule has 0 heterocycles. The van der Waals surface area contributed by atoms with Crippen LogP contribution >= 0.6 is 0 Å². The van der Waals surface area contributed by atoms with Gasteiger partial charge >= 0.3 is 12.1 Å². The summed E-state index contributed by atoms with van der Waals surface area (Å²) in [7, 11) is 0. The van der Waals surface area contributed by atoms with E-state index in [-0.39, 0.29) is 24.3 Å². The minimum Gasteiger partial charge on any atom is -0.481 e. The van der Waals surface area contributed by atoms with Crippen LogP contribution in [0.15, 0.2) is 48.5 Å². The molecule has 7 heteroatoms. The highest BCUT2D eigenvalue weighted by Gasteiger charge is 2.30. The Balaban J connectivity index is 1.57. The third kappa shape index (κ3) is 5.95. The number of rotatable bonds is 11. The van der Waals surface area contributed by atoms with Crippen molar-refractivity contribution in [2.24, 2.45) is 11.8 Å². The Morgan fingerprint density at radius 1 is 1.00 bits per heavy atom. The number of hydrogen-bond donors (Lipinski definition) is 3. The van der Waals surface area contributed by atoms with E-state index in [9.17, 15) is 14.4 Å². The minimum absolute atomic E-state index is 0.0507. The van der Waals surface area contributed by atoms with E-state index in [1.165, 1.54) is 0 Å². The Morgan fingerprint density at radius 2 is 1.59 bits per heavy atom. The normalized spacial score (nSPS) is 14.9. The number of amides is 2. The second kappa shape index (κ2) is 11.7. The molecule has 0 bridgehead atoms. The highest BCUT2D eigenvalue weighted by atomic mass is 16.5. The number of benzene rings is 2. The summed E-state index contributed by atoms with van der Waals surface area (Å²) >= 11 is 0. The van der Waals surface area contributed by atoms with Gasteiger partial charge < -0.3 is 20.5 Å². The zero-order chi connectivity index (χ0) is 24.7. The first-order valence-corrected chi connectivity index (χ1v) is 12.0. The zero-order valence-corrected chi connectivity index (χ0v) is 20.0. The van der Waals surface area contributed by atoms with Crippen molar-refractivity contribution in [3.8, 4) is 11.1 Å². The summed E-state index contributed by atoms with van der Waals surface area (Å²) in [5.74, 6) is -1.73. The van der Waals surface area contributed by atoms with Crippen molar-refractivity contribution in [1.29, 1.82) is 0 Å². The largest absolute Gasteiger partial charge is 0.481 e. The predicted octanol–water partition coefficient (Wildman–Crippen LogP) is 4.56. The number of alkyl carbamates (subject to hydrolysis) is 1. The van der Waals surface area contributed by atoms with Gasteiger partial charge in [-0.25, -0.2) is 4.79 Å². The summed E-state index contributed by atoms with van der Waals surface area (Å²) in [6, 6.07) is 15.5. The Bertz CT molecular complexity index is 976. The number of aliphatic carboxylic acids is 1. The molecular formula is C27H34N2O5. The smallest absolute Gasteiger partial charge is 0.407 e. The van der Waals surface area contributed by atoms with Crippen LogP contribution in [0.1, 0.15) is 57.1 Å². The summed E-state index contributed by atoms with van der Waals surface area (Å²) in [4.78, 5) is 36.4. The number of carboxylic acid groups (broad SMARTS) is 1. The third-order valence-corrected chi connectivity index (χ3v) is 6.65. The summed E-state index contributed by atoms with van der Waals surface area (Å²) < 4.78 is 5.60. The Hall–Kier alpha value is -3.35. The monoisotopic (exact) mass is 466 g/mol. The third-order valence-electron chi connectivity index (χ3n) is 6.65. The fraction of sp³-hybridized carbons (Fsp3) is 0.444. The molecule has 1 aliphatic carbocycles. The van der Waals surface area contributed by atoms with Crippen LogP contribution in [0.2, 0.25) is 0 Å². The predicted molar refractivity (Wildman–Crippen MR) is 130 cm³/mol. The fourth-order valence-corrected chi connectivity index (χ4v) is 4.32. The molecule has 2 amide bonds. The lowest BCUT2D eigenvalue weighted by molar-refractivity contribution is -0.141. The van der Waals surface area contributed by atoms with Gasteiger partial charge in [0.2, 0.25) is 5.91 Å². The van der Waals surface area contributed by atoms with E-state index in [1.807, 2.05) is 38.1 Å². The molecule has 0 fully saturated rings. The van der Waals surface area contributed by atoms with Gasteiger partial charge in [0.25, 0.3) is 0 Å². The van der Waals surface area contributed by atoms with Crippen molar-refractivity contribution in [1.82, 2.24) is 10.6 Å². The molecule has 182 valence electrons. The van der Waals surface area contributed by atoms with Crippen molar-refractivity contribution in [3.63, 3.8) is 0 Å². The van der Waals surface area contributed by atoms with Crippen LogP contribution in [0.3, 0.4) is 0 Å². The second-order valence-corrected chi connectivity index (χ2v) is 9.01. The van der Waals surface area contributed by atoms with E-state index in [0.29, 0.717) is 25.8 Å². The fourth-order valence-electron chi connectivity index (χ4n) is 4.32. The molecule has 2 aromatic carbocycles. The molecule has 0 aliphatic heterocycles. The summed E-state index contributed by atoms with van der Waals surface area (Å²) in [6.07, 6.45) is 1.11. The second-order valence-electron chi connectivity index (χ2n) is 9.01. The maximum Gasteiger partial charge on any atom is 0.407 e. The van der Waals surface area contributed by atoms with E-state index >= 15 is 0 Å². The van der Waals surface area contributed by atoms with Gasteiger partial charge in [-0.1, -0.05) is 75.7 Å². The number of carbonyl (C=O) groups excluding carboxylic acids is 2. The molecule has 34 heavy (non-hydrogen) atoms. The minimum atomic E-state index is -0.847. The van der Waals surface area contributed by atoms with Crippen molar-refractivity contribution >= 4 is 18.0 Å². The zero-order valence-electron chi connectivity index (χ0n) is 20.0. The van der Waals surface area contributed by atoms with Crippen LogP contribution in [0.25, 0.3) is 11.1 Å². The number of carbonyl (C=O) groups is 3. The number of fused-ring (bicyclic) bond motifs is 3. The summed E-state index contributed by atoms with van der Waals surface area (Å²) in [5, 5.41) is 14.5. The maximum absolute atomic E-state index is 12.7. The van der Waals surface area contributed by atoms with E-state index < -0.39 is 24.0 Å². The Labute approximate surface area is 200 Å². The van der Waals surface area contributed by atoms with Crippen LogP contribution in [0.4, 0.5) is 4.79 Å². The Morgan fingerprint density at radius 3 is 2.15 bits per heavy atom. The van der Waals surface area contributed by atoms with Gasteiger partial charge in [-0.2, -0.15) is 0 Å². The molecule has 0 saturated heterocycles. The highest BCUT2D eigenvalue weighted by molar-refractivity contribution is 5.86. The molecule has 3 N–H and O–H groups in total. The van der Waals surface area contributed by atoms with Crippen molar-refractivity contribution in [2.75, 3.05) is 13.2 Å². The standard InChI is InChI=1S/C27H34N2O5/c1-4-17(2)24(25(30)28-15-9-10-18(3)26(31)32)29-27(33)34-16-23-21-13-7-5-11-19(21)20-12-6-8-14-22(20)23/h5-8,11-14,17-18,23-24H,4,9-10,15-16H2,1-3H3,(H,28,30)(H,29,33)(H,31,32)/t17-,18?,24-/m0/s1. The van der Waals surface area contributed by atoms with E-state index in [2.05, 4.69) is 34.9 Å². The van der Waals surface area contributed by atoms with Gasteiger partial charge in [-0.15, -0.1) is 0 Å². The number of ether oxygens (including phenoxy) is 1.